The van der Waals surface area contributed by atoms with Crippen molar-refractivity contribution < 1.29 is 9.21 Å². The summed E-state index contributed by atoms with van der Waals surface area (Å²) in [5, 5.41) is 3.97. The zero-order valence-corrected chi connectivity index (χ0v) is 12.8. The molecule has 0 radical (unpaired) electrons. The monoisotopic (exact) mass is 317 g/mol. The number of carbonyl (C=O) groups excluding carboxylic acids is 1. The summed E-state index contributed by atoms with van der Waals surface area (Å²) in [6, 6.07) is 17.5. The highest BCUT2D eigenvalue weighted by Crippen LogP contribution is 2.16. The molecule has 0 saturated carbocycles. The van der Waals surface area contributed by atoms with Crippen LogP contribution in [0.2, 0.25) is 0 Å². The summed E-state index contributed by atoms with van der Waals surface area (Å²) < 4.78 is 5.54. The van der Waals surface area contributed by atoms with Crippen molar-refractivity contribution in [3.05, 3.63) is 72.3 Å². The lowest BCUT2D eigenvalue weighted by Crippen LogP contribution is -2.20. The van der Waals surface area contributed by atoms with Gasteiger partial charge in [-0.15, -0.1) is 0 Å². The van der Waals surface area contributed by atoms with E-state index in [1.54, 1.807) is 6.08 Å². The van der Waals surface area contributed by atoms with Gasteiger partial charge < -0.3 is 14.7 Å². The first kappa shape index (κ1) is 14.3. The van der Waals surface area contributed by atoms with Gasteiger partial charge in [-0.05, 0) is 29.7 Å². The number of amides is 1. The average molecular weight is 317 g/mol. The minimum Gasteiger partial charge on any atom is -0.437 e. The van der Waals surface area contributed by atoms with Crippen molar-refractivity contribution in [1.82, 2.24) is 15.3 Å². The van der Waals surface area contributed by atoms with Crippen LogP contribution < -0.4 is 5.32 Å². The topological polar surface area (TPSA) is 70.9 Å². The van der Waals surface area contributed by atoms with E-state index in [1.165, 1.54) is 6.08 Å². The third-order valence-corrected chi connectivity index (χ3v) is 3.73. The number of oxazole rings is 1. The van der Waals surface area contributed by atoms with Crippen LogP contribution in [0.3, 0.4) is 0 Å². The first-order chi connectivity index (χ1) is 11.8. The molecule has 24 heavy (non-hydrogen) atoms. The zero-order chi connectivity index (χ0) is 16.4. The second kappa shape index (κ2) is 6.04. The van der Waals surface area contributed by atoms with Gasteiger partial charge in [0.25, 0.3) is 0 Å². The van der Waals surface area contributed by atoms with Crippen LogP contribution in [0.4, 0.5) is 0 Å². The van der Waals surface area contributed by atoms with Crippen molar-refractivity contribution >= 4 is 34.0 Å². The zero-order valence-electron chi connectivity index (χ0n) is 12.8. The molecule has 4 aromatic rings. The fraction of sp³-hybridized carbons (Fsp3) is 0.0526. The maximum absolute atomic E-state index is 11.9. The molecule has 0 spiro atoms. The van der Waals surface area contributed by atoms with Gasteiger partial charge in [0.05, 0.1) is 6.54 Å². The number of aromatic nitrogens is 2. The first-order valence-electron chi connectivity index (χ1n) is 7.66. The SMILES string of the molecule is O=C(C=Cc1nc2ccccc2o1)NCc1cc2ccccc2[nH]1. The van der Waals surface area contributed by atoms with Crippen LogP contribution in [0.1, 0.15) is 11.6 Å². The highest BCUT2D eigenvalue weighted by atomic mass is 16.3. The van der Waals surface area contributed by atoms with Crippen LogP contribution in [0.15, 0.2) is 65.1 Å². The van der Waals surface area contributed by atoms with Crippen LogP contribution in [0.5, 0.6) is 0 Å². The van der Waals surface area contributed by atoms with Gasteiger partial charge in [0, 0.05) is 23.4 Å². The van der Waals surface area contributed by atoms with Gasteiger partial charge in [-0.25, -0.2) is 4.98 Å². The molecular formula is C19H15N3O2. The Kier molecular flexibility index (Phi) is 3.59. The third kappa shape index (κ3) is 2.92. The number of H-pyrrole nitrogens is 1. The molecule has 4 rings (SSSR count). The van der Waals surface area contributed by atoms with Crippen molar-refractivity contribution in [3.63, 3.8) is 0 Å². The quantitative estimate of drug-likeness (QED) is 0.565. The van der Waals surface area contributed by atoms with Gasteiger partial charge in [0.15, 0.2) is 5.58 Å². The van der Waals surface area contributed by atoms with Gasteiger partial charge in [0.1, 0.15) is 5.52 Å². The van der Waals surface area contributed by atoms with Crippen molar-refractivity contribution in [2.75, 3.05) is 0 Å². The van der Waals surface area contributed by atoms with Crippen molar-refractivity contribution in [2.45, 2.75) is 6.54 Å². The Balaban J connectivity index is 1.40. The molecule has 2 aromatic carbocycles. The number of para-hydroxylation sites is 3. The Morgan fingerprint density at radius 2 is 2.00 bits per heavy atom. The van der Waals surface area contributed by atoms with E-state index >= 15 is 0 Å². The lowest BCUT2D eigenvalue weighted by Gasteiger charge is -1.98. The highest BCUT2D eigenvalue weighted by Gasteiger charge is 2.04. The Morgan fingerprint density at radius 3 is 2.88 bits per heavy atom. The average Bonchev–Trinajstić information content (AvgIpc) is 3.21. The Hall–Kier alpha value is -3.34. The Bertz CT molecular complexity index is 977. The van der Waals surface area contributed by atoms with E-state index in [0.29, 0.717) is 18.0 Å². The molecule has 118 valence electrons. The molecule has 0 unspecified atom stereocenters. The Morgan fingerprint density at radius 1 is 1.17 bits per heavy atom. The number of nitrogens with zero attached hydrogens (tertiary/aromatic N) is 1. The maximum atomic E-state index is 11.9. The standard InChI is InChI=1S/C19H15N3O2/c23-18(9-10-19-22-16-7-3-4-8-17(16)24-19)20-12-14-11-13-5-1-2-6-15(13)21-14/h1-11,21H,12H2,(H,20,23). The van der Waals surface area contributed by atoms with Gasteiger partial charge in [-0.1, -0.05) is 30.3 Å². The van der Waals surface area contributed by atoms with Crippen LogP contribution in [-0.2, 0) is 11.3 Å². The fourth-order valence-electron chi connectivity index (χ4n) is 2.58. The molecule has 0 aliphatic rings. The summed E-state index contributed by atoms with van der Waals surface area (Å²) in [7, 11) is 0. The predicted octanol–water partition coefficient (Wildman–Crippen LogP) is 3.64. The molecule has 5 heteroatoms. The van der Waals surface area contributed by atoms with Gasteiger partial charge >= 0.3 is 0 Å². The third-order valence-electron chi connectivity index (χ3n) is 3.73. The van der Waals surface area contributed by atoms with Crippen molar-refractivity contribution in [3.8, 4) is 0 Å². The first-order valence-corrected chi connectivity index (χ1v) is 7.66. The molecule has 0 fully saturated rings. The van der Waals surface area contributed by atoms with Crippen LogP contribution >= 0.6 is 0 Å². The summed E-state index contributed by atoms with van der Waals surface area (Å²) in [5.41, 5.74) is 3.50. The summed E-state index contributed by atoms with van der Waals surface area (Å²) in [4.78, 5) is 19.5. The number of hydrogen-bond acceptors (Lipinski definition) is 3. The van der Waals surface area contributed by atoms with Crippen LogP contribution in [-0.4, -0.2) is 15.9 Å². The number of benzene rings is 2. The molecule has 0 aliphatic heterocycles. The lowest BCUT2D eigenvalue weighted by atomic mass is 10.2. The van der Waals surface area contributed by atoms with Crippen molar-refractivity contribution in [2.24, 2.45) is 0 Å². The van der Waals surface area contributed by atoms with E-state index in [0.717, 1.165) is 22.1 Å². The molecule has 1 amide bonds. The number of fused-ring (bicyclic) bond motifs is 2. The van der Waals surface area contributed by atoms with Gasteiger partial charge in [-0.2, -0.15) is 0 Å². The molecule has 2 aromatic heterocycles. The normalized spacial score (nSPS) is 11.5. The maximum Gasteiger partial charge on any atom is 0.244 e. The van der Waals surface area contributed by atoms with E-state index in [-0.39, 0.29) is 5.91 Å². The number of hydrogen-bond donors (Lipinski definition) is 2. The summed E-state index contributed by atoms with van der Waals surface area (Å²) in [6.07, 6.45) is 2.99. The number of nitrogens with one attached hydrogen (secondary N) is 2. The van der Waals surface area contributed by atoms with E-state index in [4.69, 9.17) is 4.42 Å². The van der Waals surface area contributed by atoms with Crippen LogP contribution in [0.25, 0.3) is 28.1 Å². The minimum absolute atomic E-state index is 0.198. The molecule has 0 saturated heterocycles. The molecule has 2 heterocycles. The Labute approximate surface area is 138 Å². The largest absolute Gasteiger partial charge is 0.437 e. The minimum atomic E-state index is -0.198. The van der Waals surface area contributed by atoms with Crippen molar-refractivity contribution in [1.29, 1.82) is 0 Å². The number of rotatable bonds is 4. The number of aromatic amines is 1. The molecule has 0 bridgehead atoms. The highest BCUT2D eigenvalue weighted by molar-refractivity contribution is 5.91. The van der Waals surface area contributed by atoms with E-state index in [9.17, 15) is 4.79 Å². The number of carbonyl (C=O) groups is 1. The van der Waals surface area contributed by atoms with Crippen LogP contribution in [0, 0.1) is 0 Å². The molecule has 5 nitrogen and oxygen atoms in total. The van der Waals surface area contributed by atoms with E-state index < -0.39 is 0 Å². The molecule has 2 N–H and O–H groups in total. The summed E-state index contributed by atoms with van der Waals surface area (Å²) in [6.45, 7) is 0.436. The summed E-state index contributed by atoms with van der Waals surface area (Å²) >= 11 is 0. The van der Waals surface area contributed by atoms with Gasteiger partial charge in [-0.3, -0.25) is 4.79 Å². The summed E-state index contributed by atoms with van der Waals surface area (Å²) in [5.74, 6) is 0.216. The second-order valence-electron chi connectivity index (χ2n) is 5.45. The molecular weight excluding hydrogens is 302 g/mol. The lowest BCUT2D eigenvalue weighted by molar-refractivity contribution is -0.116. The van der Waals surface area contributed by atoms with E-state index in [1.807, 2.05) is 54.6 Å². The second-order valence-corrected chi connectivity index (χ2v) is 5.45. The predicted molar refractivity (Wildman–Crippen MR) is 93.2 cm³/mol. The molecule has 0 aliphatic carbocycles. The molecule has 0 atom stereocenters. The fourth-order valence-corrected chi connectivity index (χ4v) is 2.58. The van der Waals surface area contributed by atoms with Gasteiger partial charge in [0.2, 0.25) is 11.8 Å². The van der Waals surface area contributed by atoms with E-state index in [2.05, 4.69) is 15.3 Å². The smallest absolute Gasteiger partial charge is 0.244 e.